The lowest BCUT2D eigenvalue weighted by Gasteiger charge is -2.40. The van der Waals surface area contributed by atoms with E-state index in [-0.39, 0.29) is 11.7 Å². The van der Waals surface area contributed by atoms with Crippen LogP contribution in [0.4, 0.5) is 4.39 Å². The molecule has 2 nitrogen and oxygen atoms in total. The molecule has 0 amide bonds. The zero-order chi connectivity index (χ0) is 13.9. The van der Waals surface area contributed by atoms with E-state index in [4.69, 9.17) is 5.73 Å². The molecule has 2 N–H and O–H groups in total. The van der Waals surface area contributed by atoms with E-state index in [0.29, 0.717) is 5.56 Å². The van der Waals surface area contributed by atoms with Gasteiger partial charge in [-0.25, -0.2) is 4.39 Å². The van der Waals surface area contributed by atoms with Gasteiger partial charge in [0.25, 0.3) is 0 Å². The SMILES string of the molecule is CC(C)C(N)(CN1CCCCC1)c1ccccc1F. The Morgan fingerprint density at radius 2 is 1.84 bits per heavy atom. The minimum Gasteiger partial charge on any atom is -0.320 e. The van der Waals surface area contributed by atoms with Crippen LogP contribution in [0.5, 0.6) is 0 Å². The molecule has 1 aliphatic heterocycles. The summed E-state index contributed by atoms with van der Waals surface area (Å²) in [4.78, 5) is 2.38. The molecule has 0 radical (unpaired) electrons. The fraction of sp³-hybridized carbons (Fsp3) is 0.625. The molecule has 0 bridgehead atoms. The lowest BCUT2D eigenvalue weighted by Crippen LogP contribution is -2.52. The first-order valence-corrected chi connectivity index (χ1v) is 7.30. The zero-order valence-corrected chi connectivity index (χ0v) is 12.0. The summed E-state index contributed by atoms with van der Waals surface area (Å²) in [5.41, 5.74) is 6.65. The van der Waals surface area contributed by atoms with Gasteiger partial charge in [0.15, 0.2) is 0 Å². The van der Waals surface area contributed by atoms with Crippen LogP contribution in [0.1, 0.15) is 38.7 Å². The van der Waals surface area contributed by atoms with Crippen LogP contribution in [0.15, 0.2) is 24.3 Å². The van der Waals surface area contributed by atoms with Gasteiger partial charge in [-0.1, -0.05) is 38.5 Å². The summed E-state index contributed by atoms with van der Waals surface area (Å²) in [7, 11) is 0. The standard InChI is InChI=1S/C16H25FN2/c1-13(2)16(18,12-19-10-6-3-7-11-19)14-8-4-5-9-15(14)17/h4-5,8-9,13H,3,6-7,10-12,18H2,1-2H3. The first-order chi connectivity index (χ1) is 9.04. The number of rotatable bonds is 4. The van der Waals surface area contributed by atoms with E-state index in [1.54, 1.807) is 6.07 Å². The molecule has 3 heteroatoms. The van der Waals surface area contributed by atoms with Crippen LogP contribution in [-0.2, 0) is 5.54 Å². The Balaban J connectivity index is 2.24. The van der Waals surface area contributed by atoms with E-state index in [2.05, 4.69) is 18.7 Å². The quantitative estimate of drug-likeness (QED) is 0.905. The van der Waals surface area contributed by atoms with Gasteiger partial charge >= 0.3 is 0 Å². The van der Waals surface area contributed by atoms with Crippen molar-refractivity contribution in [2.75, 3.05) is 19.6 Å². The summed E-state index contributed by atoms with van der Waals surface area (Å²) in [6, 6.07) is 6.94. The number of nitrogens with two attached hydrogens (primary N) is 1. The first kappa shape index (κ1) is 14.5. The maximum atomic E-state index is 14.1. The van der Waals surface area contributed by atoms with Gasteiger partial charge in [0.05, 0.1) is 5.54 Å². The molecule has 19 heavy (non-hydrogen) atoms. The van der Waals surface area contributed by atoms with Crippen molar-refractivity contribution in [1.82, 2.24) is 4.90 Å². The van der Waals surface area contributed by atoms with Gasteiger partial charge < -0.3 is 10.6 Å². The Bertz CT molecular complexity index is 413. The Morgan fingerprint density at radius 3 is 2.42 bits per heavy atom. The fourth-order valence-electron chi connectivity index (χ4n) is 2.90. The van der Waals surface area contributed by atoms with Crippen LogP contribution in [0.3, 0.4) is 0 Å². The van der Waals surface area contributed by atoms with Crippen LogP contribution in [0.2, 0.25) is 0 Å². The molecule has 1 fully saturated rings. The van der Waals surface area contributed by atoms with E-state index >= 15 is 0 Å². The van der Waals surface area contributed by atoms with Gasteiger partial charge in [0, 0.05) is 12.1 Å². The molecule has 1 atom stereocenters. The number of hydrogen-bond donors (Lipinski definition) is 1. The van der Waals surface area contributed by atoms with Crippen molar-refractivity contribution in [3.05, 3.63) is 35.6 Å². The summed E-state index contributed by atoms with van der Waals surface area (Å²) in [6.07, 6.45) is 3.76. The second-order valence-electron chi connectivity index (χ2n) is 6.01. The molecule has 1 saturated heterocycles. The summed E-state index contributed by atoms with van der Waals surface area (Å²) < 4.78 is 14.1. The molecule has 0 aromatic heterocycles. The maximum absolute atomic E-state index is 14.1. The summed E-state index contributed by atoms with van der Waals surface area (Å²) in [5.74, 6) is 0.0158. The largest absolute Gasteiger partial charge is 0.320 e. The lowest BCUT2D eigenvalue weighted by atomic mass is 9.79. The maximum Gasteiger partial charge on any atom is 0.128 e. The van der Waals surface area contributed by atoms with E-state index in [1.807, 2.05) is 12.1 Å². The van der Waals surface area contributed by atoms with Crippen LogP contribution in [0, 0.1) is 11.7 Å². The second-order valence-corrected chi connectivity index (χ2v) is 6.01. The van der Waals surface area contributed by atoms with Crippen molar-refractivity contribution in [1.29, 1.82) is 0 Å². The highest BCUT2D eigenvalue weighted by atomic mass is 19.1. The Morgan fingerprint density at radius 1 is 1.21 bits per heavy atom. The van der Waals surface area contributed by atoms with Gasteiger partial charge in [0.2, 0.25) is 0 Å². The molecule has 1 aromatic carbocycles. The molecule has 1 aliphatic rings. The first-order valence-electron chi connectivity index (χ1n) is 7.30. The molecule has 1 heterocycles. The normalized spacial score (nSPS) is 20.5. The molecule has 1 aromatic rings. The third kappa shape index (κ3) is 3.15. The predicted octanol–water partition coefficient (Wildman–Crippen LogP) is 3.12. The lowest BCUT2D eigenvalue weighted by molar-refractivity contribution is 0.146. The van der Waals surface area contributed by atoms with Crippen molar-refractivity contribution < 1.29 is 4.39 Å². The number of likely N-dealkylation sites (tertiary alicyclic amines) is 1. The van der Waals surface area contributed by atoms with E-state index in [1.165, 1.54) is 25.3 Å². The highest BCUT2D eigenvalue weighted by molar-refractivity contribution is 5.27. The van der Waals surface area contributed by atoms with Crippen LogP contribution < -0.4 is 5.73 Å². The molecule has 0 spiro atoms. The molecular formula is C16H25FN2. The monoisotopic (exact) mass is 264 g/mol. The average molecular weight is 264 g/mol. The number of halogens is 1. The van der Waals surface area contributed by atoms with Crippen LogP contribution >= 0.6 is 0 Å². The third-order valence-electron chi connectivity index (χ3n) is 4.34. The smallest absolute Gasteiger partial charge is 0.128 e. The zero-order valence-electron chi connectivity index (χ0n) is 12.0. The van der Waals surface area contributed by atoms with Crippen molar-refractivity contribution >= 4 is 0 Å². The topological polar surface area (TPSA) is 29.3 Å². The molecule has 2 rings (SSSR count). The number of piperidine rings is 1. The fourth-order valence-corrected chi connectivity index (χ4v) is 2.90. The highest BCUT2D eigenvalue weighted by Crippen LogP contribution is 2.30. The minimum absolute atomic E-state index is 0.185. The van der Waals surface area contributed by atoms with E-state index in [9.17, 15) is 4.39 Å². The summed E-state index contributed by atoms with van der Waals surface area (Å²) in [5, 5.41) is 0. The second kappa shape index (κ2) is 6.02. The van der Waals surface area contributed by atoms with Crippen LogP contribution in [-0.4, -0.2) is 24.5 Å². The molecule has 106 valence electrons. The third-order valence-corrected chi connectivity index (χ3v) is 4.34. The number of benzene rings is 1. The number of hydrogen-bond acceptors (Lipinski definition) is 2. The van der Waals surface area contributed by atoms with Gasteiger partial charge in [-0.15, -0.1) is 0 Å². The molecule has 1 unspecified atom stereocenters. The predicted molar refractivity (Wildman–Crippen MR) is 77.4 cm³/mol. The van der Waals surface area contributed by atoms with Crippen molar-refractivity contribution in [2.24, 2.45) is 11.7 Å². The van der Waals surface area contributed by atoms with E-state index < -0.39 is 5.54 Å². The van der Waals surface area contributed by atoms with Gasteiger partial charge in [-0.2, -0.15) is 0 Å². The van der Waals surface area contributed by atoms with E-state index in [0.717, 1.165) is 19.6 Å². The van der Waals surface area contributed by atoms with Gasteiger partial charge in [0.1, 0.15) is 5.82 Å². The molecular weight excluding hydrogens is 239 g/mol. The molecule has 0 saturated carbocycles. The Labute approximate surface area is 115 Å². The summed E-state index contributed by atoms with van der Waals surface area (Å²) >= 11 is 0. The number of nitrogens with zero attached hydrogens (tertiary/aromatic N) is 1. The van der Waals surface area contributed by atoms with Crippen molar-refractivity contribution in [2.45, 2.75) is 38.6 Å². The van der Waals surface area contributed by atoms with Gasteiger partial charge in [-0.3, -0.25) is 0 Å². The van der Waals surface area contributed by atoms with Crippen LogP contribution in [0.25, 0.3) is 0 Å². The Kier molecular flexibility index (Phi) is 4.58. The highest BCUT2D eigenvalue weighted by Gasteiger charge is 2.35. The molecule has 0 aliphatic carbocycles. The van der Waals surface area contributed by atoms with Crippen molar-refractivity contribution in [3.8, 4) is 0 Å². The minimum atomic E-state index is -0.608. The van der Waals surface area contributed by atoms with Crippen molar-refractivity contribution in [3.63, 3.8) is 0 Å². The average Bonchev–Trinajstić information content (AvgIpc) is 2.40. The van der Waals surface area contributed by atoms with Gasteiger partial charge in [-0.05, 0) is 37.9 Å². The summed E-state index contributed by atoms with van der Waals surface area (Å²) in [6.45, 7) is 7.07. The Hall–Kier alpha value is -0.930.